The van der Waals surface area contributed by atoms with Crippen LogP contribution in [-0.2, 0) is 16.0 Å². The Balaban J connectivity index is 2.00. The lowest BCUT2D eigenvalue weighted by Crippen LogP contribution is -2.29. The highest BCUT2D eigenvalue weighted by Gasteiger charge is 2.15. The van der Waals surface area contributed by atoms with Gasteiger partial charge in [0.05, 0.1) is 23.8 Å². The molecule has 0 aromatic heterocycles. The van der Waals surface area contributed by atoms with E-state index in [9.17, 15) is 9.59 Å². The molecule has 5 nitrogen and oxygen atoms in total. The van der Waals surface area contributed by atoms with E-state index in [0.29, 0.717) is 30.7 Å². The van der Waals surface area contributed by atoms with Crippen LogP contribution >= 0.6 is 0 Å². The normalized spacial score (nSPS) is 10.4. The summed E-state index contributed by atoms with van der Waals surface area (Å²) in [6.07, 6.45) is 3.77. The molecule has 0 saturated heterocycles. The number of ether oxygens (including phenoxy) is 1. The monoisotopic (exact) mass is 362 g/mol. The standard InChI is InChI=1S/C22H22N2O3/c1-3-27-21(25)12-11-17-7-6-8-18(15-17)13-14-24(2)22(26)20-10-5-4-9-19(20)16-23/h4-12,15H,3,13-14H2,1-2H3/b12-11+. The molecular weight excluding hydrogens is 340 g/mol. The molecule has 1 amide bonds. The molecule has 0 bridgehead atoms. The fraction of sp³-hybridized carbons (Fsp3) is 0.227. The van der Waals surface area contributed by atoms with Gasteiger partial charge in [-0.25, -0.2) is 4.79 Å². The highest BCUT2D eigenvalue weighted by Crippen LogP contribution is 2.12. The van der Waals surface area contributed by atoms with Crippen LogP contribution in [0, 0.1) is 11.3 Å². The molecule has 0 unspecified atom stereocenters. The number of rotatable bonds is 7. The van der Waals surface area contributed by atoms with Gasteiger partial charge in [0.2, 0.25) is 0 Å². The van der Waals surface area contributed by atoms with Crippen molar-refractivity contribution < 1.29 is 14.3 Å². The highest BCUT2D eigenvalue weighted by molar-refractivity contribution is 5.96. The first-order valence-electron chi connectivity index (χ1n) is 8.73. The predicted molar refractivity (Wildman–Crippen MR) is 104 cm³/mol. The second kappa shape index (κ2) is 9.93. The summed E-state index contributed by atoms with van der Waals surface area (Å²) < 4.78 is 4.87. The van der Waals surface area contributed by atoms with Crippen LogP contribution in [0.3, 0.4) is 0 Å². The van der Waals surface area contributed by atoms with Gasteiger partial charge < -0.3 is 9.64 Å². The SMILES string of the molecule is CCOC(=O)/C=C/c1cccc(CCN(C)C(=O)c2ccccc2C#N)c1. The summed E-state index contributed by atoms with van der Waals surface area (Å²) in [7, 11) is 1.72. The Kier molecular flexibility index (Phi) is 7.33. The molecule has 27 heavy (non-hydrogen) atoms. The number of carbonyl (C=O) groups is 2. The first-order chi connectivity index (χ1) is 13.0. The van der Waals surface area contributed by atoms with Crippen molar-refractivity contribution in [2.24, 2.45) is 0 Å². The van der Waals surface area contributed by atoms with E-state index in [4.69, 9.17) is 10.00 Å². The molecule has 2 rings (SSSR count). The molecule has 0 atom stereocenters. The molecule has 0 saturated carbocycles. The van der Waals surface area contributed by atoms with Crippen molar-refractivity contribution in [1.82, 2.24) is 4.90 Å². The van der Waals surface area contributed by atoms with Crippen LogP contribution in [0.15, 0.2) is 54.6 Å². The summed E-state index contributed by atoms with van der Waals surface area (Å²) in [5.74, 6) is -0.546. The summed E-state index contributed by atoms with van der Waals surface area (Å²) in [6.45, 7) is 2.63. The fourth-order valence-electron chi connectivity index (χ4n) is 2.58. The second-order valence-corrected chi connectivity index (χ2v) is 5.96. The Morgan fingerprint density at radius 3 is 2.70 bits per heavy atom. The van der Waals surface area contributed by atoms with Crippen molar-refractivity contribution in [2.75, 3.05) is 20.2 Å². The molecule has 0 spiro atoms. The van der Waals surface area contributed by atoms with E-state index in [0.717, 1.165) is 11.1 Å². The average Bonchev–Trinajstić information content (AvgIpc) is 2.70. The number of esters is 1. The summed E-state index contributed by atoms with van der Waals surface area (Å²) in [4.78, 5) is 25.6. The largest absolute Gasteiger partial charge is 0.463 e. The van der Waals surface area contributed by atoms with Gasteiger partial charge in [0, 0.05) is 19.7 Å². The second-order valence-electron chi connectivity index (χ2n) is 5.96. The smallest absolute Gasteiger partial charge is 0.330 e. The van der Waals surface area contributed by atoms with E-state index in [1.807, 2.05) is 24.3 Å². The Bertz CT molecular complexity index is 881. The van der Waals surface area contributed by atoms with Crippen LogP contribution in [0.2, 0.25) is 0 Å². The van der Waals surface area contributed by atoms with Gasteiger partial charge in [0.25, 0.3) is 5.91 Å². The van der Waals surface area contributed by atoms with Crippen molar-refractivity contribution in [3.63, 3.8) is 0 Å². The molecule has 0 fully saturated rings. The van der Waals surface area contributed by atoms with Gasteiger partial charge >= 0.3 is 5.97 Å². The first-order valence-corrected chi connectivity index (χ1v) is 8.73. The molecule has 0 aliphatic heterocycles. The topological polar surface area (TPSA) is 70.4 Å². The summed E-state index contributed by atoms with van der Waals surface area (Å²) >= 11 is 0. The summed E-state index contributed by atoms with van der Waals surface area (Å²) in [6, 6.07) is 16.6. The minimum atomic E-state index is -0.371. The Morgan fingerprint density at radius 2 is 1.96 bits per heavy atom. The number of amides is 1. The lowest BCUT2D eigenvalue weighted by Gasteiger charge is -2.18. The van der Waals surface area contributed by atoms with E-state index in [1.165, 1.54) is 6.08 Å². The Hall–Kier alpha value is -3.39. The maximum Gasteiger partial charge on any atom is 0.330 e. The number of nitriles is 1. The fourth-order valence-corrected chi connectivity index (χ4v) is 2.58. The number of carbonyl (C=O) groups excluding carboxylic acids is 2. The zero-order valence-corrected chi connectivity index (χ0v) is 15.5. The Morgan fingerprint density at radius 1 is 1.19 bits per heavy atom. The van der Waals surface area contributed by atoms with Crippen LogP contribution in [0.25, 0.3) is 6.08 Å². The average molecular weight is 362 g/mol. The zero-order valence-electron chi connectivity index (χ0n) is 15.5. The molecule has 0 aliphatic rings. The predicted octanol–water partition coefficient (Wildman–Crippen LogP) is 3.45. The third-order valence-corrected chi connectivity index (χ3v) is 4.01. The van der Waals surface area contributed by atoms with Crippen LogP contribution in [0.5, 0.6) is 0 Å². The molecule has 2 aromatic carbocycles. The third kappa shape index (κ3) is 5.82. The van der Waals surface area contributed by atoms with Gasteiger partial charge in [-0.2, -0.15) is 5.26 Å². The summed E-state index contributed by atoms with van der Waals surface area (Å²) in [5.41, 5.74) is 2.73. The van der Waals surface area contributed by atoms with Crippen molar-refractivity contribution in [3.8, 4) is 6.07 Å². The molecule has 0 aliphatic carbocycles. The van der Waals surface area contributed by atoms with Crippen molar-refractivity contribution >= 4 is 18.0 Å². The maximum atomic E-state index is 12.6. The number of nitrogens with zero attached hydrogens (tertiary/aromatic N) is 2. The first kappa shape index (κ1) is 19.9. The highest BCUT2D eigenvalue weighted by atomic mass is 16.5. The quantitative estimate of drug-likeness (QED) is 0.559. The molecular formula is C22H22N2O3. The molecule has 0 radical (unpaired) electrons. The minimum absolute atomic E-state index is 0.175. The third-order valence-electron chi connectivity index (χ3n) is 4.01. The maximum absolute atomic E-state index is 12.6. The van der Waals surface area contributed by atoms with Crippen LogP contribution in [-0.4, -0.2) is 37.0 Å². The number of hydrogen-bond acceptors (Lipinski definition) is 4. The molecule has 0 N–H and O–H groups in total. The van der Waals surface area contributed by atoms with Gasteiger partial charge in [-0.1, -0.05) is 36.4 Å². The van der Waals surface area contributed by atoms with E-state index in [2.05, 4.69) is 6.07 Å². The lowest BCUT2D eigenvalue weighted by atomic mass is 10.1. The molecule has 0 heterocycles. The number of hydrogen-bond donors (Lipinski definition) is 0. The lowest BCUT2D eigenvalue weighted by molar-refractivity contribution is -0.137. The van der Waals surface area contributed by atoms with E-state index < -0.39 is 0 Å². The number of benzene rings is 2. The molecule has 5 heteroatoms. The van der Waals surface area contributed by atoms with Gasteiger partial charge in [0.1, 0.15) is 0 Å². The van der Waals surface area contributed by atoms with Crippen LogP contribution in [0.4, 0.5) is 0 Å². The van der Waals surface area contributed by atoms with Crippen molar-refractivity contribution in [3.05, 3.63) is 76.9 Å². The van der Waals surface area contributed by atoms with Gasteiger partial charge in [-0.15, -0.1) is 0 Å². The van der Waals surface area contributed by atoms with Gasteiger partial charge in [0.15, 0.2) is 0 Å². The van der Waals surface area contributed by atoms with Crippen LogP contribution in [0.1, 0.15) is 34.0 Å². The van der Waals surface area contributed by atoms with Crippen LogP contribution < -0.4 is 0 Å². The Labute approximate surface area is 159 Å². The molecule has 138 valence electrons. The van der Waals surface area contributed by atoms with E-state index in [1.54, 1.807) is 49.2 Å². The molecule has 2 aromatic rings. The zero-order chi connectivity index (χ0) is 19.6. The van der Waals surface area contributed by atoms with Crippen molar-refractivity contribution in [2.45, 2.75) is 13.3 Å². The summed E-state index contributed by atoms with van der Waals surface area (Å²) in [5, 5.41) is 9.15. The van der Waals surface area contributed by atoms with E-state index in [-0.39, 0.29) is 11.9 Å². The van der Waals surface area contributed by atoms with Gasteiger partial charge in [-0.3, -0.25) is 4.79 Å². The minimum Gasteiger partial charge on any atom is -0.463 e. The van der Waals surface area contributed by atoms with E-state index >= 15 is 0 Å². The number of likely N-dealkylation sites (N-methyl/N-ethyl adjacent to an activating group) is 1. The van der Waals surface area contributed by atoms with Crippen molar-refractivity contribution in [1.29, 1.82) is 5.26 Å². The van der Waals surface area contributed by atoms with Gasteiger partial charge in [-0.05, 0) is 42.7 Å².